The predicted octanol–water partition coefficient (Wildman–Crippen LogP) is 1.47. The lowest BCUT2D eigenvalue weighted by Gasteiger charge is -2.07. The molecule has 0 aromatic rings. The Morgan fingerprint density at radius 1 is 1.60 bits per heavy atom. The molecule has 0 fully saturated rings. The standard InChI is InChI=1S/C8H18N2/c1-8(10-3)6-4-5-7-9-2/h7-8,10H,4-6H2,1-3H3. The molecule has 0 bridgehead atoms. The first-order valence-electron chi connectivity index (χ1n) is 3.89. The second kappa shape index (κ2) is 6.75. The molecule has 10 heavy (non-hydrogen) atoms. The predicted molar refractivity (Wildman–Crippen MR) is 46.8 cm³/mol. The highest BCUT2D eigenvalue weighted by Gasteiger charge is 1.94. The van der Waals surface area contributed by atoms with Crippen LogP contribution < -0.4 is 5.32 Å². The molecule has 0 aromatic heterocycles. The van der Waals surface area contributed by atoms with Gasteiger partial charge in [-0.1, -0.05) is 0 Å². The zero-order chi connectivity index (χ0) is 7.82. The van der Waals surface area contributed by atoms with Gasteiger partial charge in [-0.15, -0.1) is 0 Å². The van der Waals surface area contributed by atoms with Gasteiger partial charge in [0.05, 0.1) is 0 Å². The minimum Gasteiger partial charge on any atom is -0.317 e. The Labute approximate surface area is 63.7 Å². The second-order valence-corrected chi connectivity index (χ2v) is 2.56. The number of hydrogen-bond donors (Lipinski definition) is 1. The van der Waals surface area contributed by atoms with E-state index in [0.717, 1.165) is 6.42 Å². The normalized spacial score (nSPS) is 14.3. The second-order valence-electron chi connectivity index (χ2n) is 2.56. The van der Waals surface area contributed by atoms with E-state index in [0.29, 0.717) is 6.04 Å². The molecule has 0 aliphatic rings. The number of rotatable bonds is 5. The molecule has 0 aliphatic heterocycles. The zero-order valence-electron chi connectivity index (χ0n) is 7.22. The van der Waals surface area contributed by atoms with Crippen LogP contribution in [0.2, 0.25) is 0 Å². The molecule has 0 radical (unpaired) electrons. The first-order valence-corrected chi connectivity index (χ1v) is 3.89. The van der Waals surface area contributed by atoms with Crippen LogP contribution in [0.25, 0.3) is 0 Å². The van der Waals surface area contributed by atoms with Gasteiger partial charge in [-0.2, -0.15) is 0 Å². The van der Waals surface area contributed by atoms with Crippen LogP contribution in [-0.2, 0) is 0 Å². The van der Waals surface area contributed by atoms with Gasteiger partial charge >= 0.3 is 0 Å². The van der Waals surface area contributed by atoms with Gasteiger partial charge in [0.1, 0.15) is 0 Å². The molecular formula is C8H18N2. The molecule has 0 amide bonds. The van der Waals surface area contributed by atoms with Gasteiger partial charge in [-0.3, -0.25) is 0 Å². The van der Waals surface area contributed by atoms with E-state index >= 15 is 0 Å². The van der Waals surface area contributed by atoms with Gasteiger partial charge in [-0.05, 0) is 39.4 Å². The van der Waals surface area contributed by atoms with Crippen molar-refractivity contribution in [3.63, 3.8) is 0 Å². The minimum atomic E-state index is 0.644. The molecule has 2 heteroatoms. The van der Waals surface area contributed by atoms with Crippen LogP contribution in [0.5, 0.6) is 0 Å². The van der Waals surface area contributed by atoms with Gasteiger partial charge in [0.15, 0.2) is 0 Å². The molecule has 0 saturated carbocycles. The average Bonchev–Trinajstić information content (AvgIpc) is 1.98. The van der Waals surface area contributed by atoms with E-state index in [9.17, 15) is 0 Å². The average molecular weight is 142 g/mol. The number of nitrogens with zero attached hydrogens (tertiary/aromatic N) is 1. The maximum Gasteiger partial charge on any atom is 0.0273 e. The molecule has 2 nitrogen and oxygen atoms in total. The molecule has 60 valence electrons. The lowest BCUT2D eigenvalue weighted by Crippen LogP contribution is -2.20. The van der Waals surface area contributed by atoms with E-state index in [2.05, 4.69) is 17.2 Å². The molecule has 0 heterocycles. The van der Waals surface area contributed by atoms with Crippen molar-refractivity contribution in [2.75, 3.05) is 14.1 Å². The van der Waals surface area contributed by atoms with E-state index in [1.165, 1.54) is 12.8 Å². The minimum absolute atomic E-state index is 0.644. The molecular weight excluding hydrogens is 124 g/mol. The van der Waals surface area contributed by atoms with Gasteiger partial charge in [0, 0.05) is 13.1 Å². The summed E-state index contributed by atoms with van der Waals surface area (Å²) in [5, 5.41) is 3.20. The van der Waals surface area contributed by atoms with E-state index in [-0.39, 0.29) is 0 Å². The first kappa shape index (κ1) is 9.63. The SMILES string of the molecule is CN=CCCCC(C)NC. The lowest BCUT2D eigenvalue weighted by atomic mass is 10.1. The summed E-state index contributed by atoms with van der Waals surface area (Å²) in [5.41, 5.74) is 0. The molecule has 1 N–H and O–H groups in total. The fraction of sp³-hybridized carbons (Fsp3) is 0.875. The molecule has 0 saturated heterocycles. The van der Waals surface area contributed by atoms with Crippen LogP contribution in [0.1, 0.15) is 26.2 Å². The molecule has 0 rings (SSSR count). The van der Waals surface area contributed by atoms with E-state index in [1.807, 2.05) is 20.3 Å². The third-order valence-electron chi connectivity index (χ3n) is 1.65. The number of aliphatic imine (C=N–C) groups is 1. The zero-order valence-corrected chi connectivity index (χ0v) is 7.22. The Kier molecular flexibility index (Phi) is 6.50. The highest BCUT2D eigenvalue weighted by molar-refractivity contribution is 5.56. The van der Waals surface area contributed by atoms with Crippen molar-refractivity contribution in [3.05, 3.63) is 0 Å². The summed E-state index contributed by atoms with van der Waals surface area (Å²) in [6.45, 7) is 2.20. The first-order chi connectivity index (χ1) is 4.81. The summed E-state index contributed by atoms with van der Waals surface area (Å²) < 4.78 is 0. The number of hydrogen-bond acceptors (Lipinski definition) is 2. The Hall–Kier alpha value is -0.370. The highest BCUT2D eigenvalue weighted by atomic mass is 14.8. The highest BCUT2D eigenvalue weighted by Crippen LogP contribution is 1.97. The van der Waals surface area contributed by atoms with Gasteiger partial charge < -0.3 is 10.3 Å². The van der Waals surface area contributed by atoms with Crippen LogP contribution in [0.3, 0.4) is 0 Å². The van der Waals surface area contributed by atoms with Crippen LogP contribution in [-0.4, -0.2) is 26.4 Å². The van der Waals surface area contributed by atoms with Crippen molar-refractivity contribution in [3.8, 4) is 0 Å². The van der Waals surface area contributed by atoms with Crippen molar-refractivity contribution in [1.29, 1.82) is 0 Å². The van der Waals surface area contributed by atoms with E-state index < -0.39 is 0 Å². The third-order valence-corrected chi connectivity index (χ3v) is 1.65. The maximum absolute atomic E-state index is 3.91. The fourth-order valence-electron chi connectivity index (χ4n) is 0.789. The maximum atomic E-state index is 3.91. The molecule has 0 aromatic carbocycles. The molecule has 1 atom stereocenters. The van der Waals surface area contributed by atoms with Gasteiger partial charge in [-0.25, -0.2) is 0 Å². The number of unbranched alkanes of at least 4 members (excludes halogenated alkanes) is 1. The fourth-order valence-corrected chi connectivity index (χ4v) is 0.789. The van der Waals surface area contributed by atoms with Crippen LogP contribution >= 0.6 is 0 Å². The number of nitrogens with one attached hydrogen (secondary N) is 1. The largest absolute Gasteiger partial charge is 0.317 e. The van der Waals surface area contributed by atoms with E-state index in [1.54, 1.807) is 0 Å². The van der Waals surface area contributed by atoms with Crippen molar-refractivity contribution >= 4 is 6.21 Å². The van der Waals surface area contributed by atoms with Crippen molar-refractivity contribution < 1.29 is 0 Å². The molecule has 1 unspecified atom stereocenters. The molecule has 0 aliphatic carbocycles. The van der Waals surface area contributed by atoms with Crippen LogP contribution in [0.15, 0.2) is 4.99 Å². The molecule has 0 spiro atoms. The van der Waals surface area contributed by atoms with Crippen LogP contribution in [0, 0.1) is 0 Å². The van der Waals surface area contributed by atoms with Crippen LogP contribution in [0.4, 0.5) is 0 Å². The Bertz CT molecular complexity index is 89.3. The summed E-state index contributed by atoms with van der Waals surface area (Å²) in [5.74, 6) is 0. The van der Waals surface area contributed by atoms with Crippen molar-refractivity contribution in [2.24, 2.45) is 4.99 Å². The third kappa shape index (κ3) is 5.76. The Morgan fingerprint density at radius 2 is 2.30 bits per heavy atom. The summed E-state index contributed by atoms with van der Waals surface area (Å²) in [7, 11) is 3.82. The topological polar surface area (TPSA) is 24.4 Å². The summed E-state index contributed by atoms with van der Waals surface area (Å²) >= 11 is 0. The van der Waals surface area contributed by atoms with Gasteiger partial charge in [0.25, 0.3) is 0 Å². The van der Waals surface area contributed by atoms with E-state index in [4.69, 9.17) is 0 Å². The Balaban J connectivity index is 3.03. The summed E-state index contributed by atoms with van der Waals surface area (Å²) in [4.78, 5) is 3.91. The quantitative estimate of drug-likeness (QED) is 0.456. The van der Waals surface area contributed by atoms with Gasteiger partial charge in [0.2, 0.25) is 0 Å². The monoisotopic (exact) mass is 142 g/mol. The van der Waals surface area contributed by atoms with Crippen molar-refractivity contribution in [1.82, 2.24) is 5.32 Å². The Morgan fingerprint density at radius 3 is 2.80 bits per heavy atom. The summed E-state index contributed by atoms with van der Waals surface area (Å²) in [6, 6.07) is 0.644. The van der Waals surface area contributed by atoms with Crippen molar-refractivity contribution in [2.45, 2.75) is 32.2 Å². The lowest BCUT2D eigenvalue weighted by molar-refractivity contribution is 0.550. The smallest absolute Gasteiger partial charge is 0.0273 e. The summed E-state index contributed by atoms with van der Waals surface area (Å²) in [6.07, 6.45) is 5.56.